The van der Waals surface area contributed by atoms with Crippen LogP contribution in [0.15, 0.2) is 54.6 Å². The Morgan fingerprint density at radius 2 is 1.50 bits per heavy atom. The number of hydrogen-bond acceptors (Lipinski definition) is 2. The zero-order valence-electron chi connectivity index (χ0n) is 12.3. The van der Waals surface area contributed by atoms with Gasteiger partial charge in [-0.05, 0) is 27.6 Å². The van der Waals surface area contributed by atoms with E-state index in [4.69, 9.17) is 11.6 Å². The van der Waals surface area contributed by atoms with Crippen molar-refractivity contribution in [1.29, 1.82) is 0 Å². The molecule has 3 rings (SSSR count). The van der Waals surface area contributed by atoms with E-state index in [0.29, 0.717) is 21.5 Å². The van der Waals surface area contributed by atoms with Crippen molar-refractivity contribution >= 4 is 39.1 Å². The highest BCUT2D eigenvalue weighted by atomic mass is 35.5. The lowest BCUT2D eigenvalue weighted by Crippen LogP contribution is -2.27. The van der Waals surface area contributed by atoms with Crippen LogP contribution < -0.4 is 0 Å². The number of ether oxygens (including phenoxy) is 1. The number of rotatable bonds is 3. The lowest BCUT2D eigenvalue weighted by Gasteiger charge is -2.23. The topological polar surface area (TPSA) is 26.3 Å². The Balaban J connectivity index is 2.36. The molecule has 0 saturated heterocycles. The van der Waals surface area contributed by atoms with Crippen LogP contribution in [0.4, 0.5) is 13.2 Å². The Hall–Kier alpha value is -2.27. The van der Waals surface area contributed by atoms with Gasteiger partial charge >= 0.3 is 12.1 Å². The fourth-order valence-corrected chi connectivity index (χ4v) is 2.85. The summed E-state index contributed by atoms with van der Waals surface area (Å²) in [7, 11) is 0. The molecule has 0 aliphatic carbocycles. The van der Waals surface area contributed by atoms with Crippen LogP contribution in [0.3, 0.4) is 0 Å². The molecule has 2 nitrogen and oxygen atoms in total. The highest BCUT2D eigenvalue weighted by molar-refractivity contribution is 6.26. The monoisotopic (exact) mass is 352 g/mol. The number of alkyl halides is 4. The molecule has 0 N–H and O–H groups in total. The fourth-order valence-electron chi connectivity index (χ4n) is 2.78. The molecule has 0 saturated carbocycles. The van der Waals surface area contributed by atoms with Crippen molar-refractivity contribution in [1.82, 2.24) is 0 Å². The molecule has 0 aliphatic heterocycles. The van der Waals surface area contributed by atoms with Gasteiger partial charge in [-0.25, -0.2) is 0 Å². The third-order valence-corrected chi connectivity index (χ3v) is 3.95. The summed E-state index contributed by atoms with van der Waals surface area (Å²) in [5, 5.41) is 2.06. The van der Waals surface area contributed by atoms with E-state index in [1.165, 1.54) is 0 Å². The summed E-state index contributed by atoms with van der Waals surface area (Å²) >= 11 is 5.33. The van der Waals surface area contributed by atoms with Gasteiger partial charge in [-0.15, -0.1) is 11.6 Å². The fraction of sp³-hybridized carbons (Fsp3) is 0.167. The molecule has 1 atom stereocenters. The summed E-state index contributed by atoms with van der Waals surface area (Å²) in [6.07, 6.45) is -7.13. The lowest BCUT2D eigenvalue weighted by molar-refractivity contribution is -0.222. The van der Waals surface area contributed by atoms with Gasteiger partial charge in [0.05, 0.1) is 0 Å². The minimum atomic E-state index is -4.76. The van der Waals surface area contributed by atoms with E-state index in [1.807, 2.05) is 6.07 Å². The van der Waals surface area contributed by atoms with Crippen LogP contribution in [-0.4, -0.2) is 18.0 Å². The molecule has 3 aromatic rings. The van der Waals surface area contributed by atoms with Crippen LogP contribution in [0.25, 0.3) is 21.5 Å². The van der Waals surface area contributed by atoms with Crippen molar-refractivity contribution in [2.24, 2.45) is 0 Å². The van der Waals surface area contributed by atoms with E-state index in [2.05, 4.69) is 4.74 Å². The van der Waals surface area contributed by atoms with Crippen LogP contribution in [0.1, 0.15) is 11.7 Å². The van der Waals surface area contributed by atoms with E-state index in [1.54, 1.807) is 48.5 Å². The largest absolute Gasteiger partial charge is 0.447 e. The molecular formula is C18H12ClF3O2. The Kier molecular flexibility index (Phi) is 4.37. The molecule has 0 fully saturated rings. The van der Waals surface area contributed by atoms with Crippen LogP contribution in [0.5, 0.6) is 0 Å². The number of carbonyl (C=O) groups is 1. The van der Waals surface area contributed by atoms with Crippen molar-refractivity contribution < 1.29 is 22.7 Å². The van der Waals surface area contributed by atoms with Gasteiger partial charge in [-0.3, -0.25) is 4.79 Å². The number of fused-ring (bicyclic) bond motifs is 2. The Morgan fingerprint density at radius 3 is 1.96 bits per heavy atom. The average Bonchev–Trinajstić information content (AvgIpc) is 2.56. The predicted octanol–water partition coefficient (Wildman–Crippen LogP) is 5.38. The van der Waals surface area contributed by atoms with Gasteiger partial charge in [0.1, 0.15) is 5.88 Å². The summed E-state index contributed by atoms with van der Waals surface area (Å²) < 4.78 is 45.6. The number of esters is 1. The van der Waals surface area contributed by atoms with Gasteiger partial charge in [0.25, 0.3) is 0 Å². The Morgan fingerprint density at radius 1 is 1.00 bits per heavy atom. The molecule has 6 heteroatoms. The molecular weight excluding hydrogens is 341 g/mol. The third-order valence-electron chi connectivity index (χ3n) is 3.73. The first-order chi connectivity index (χ1) is 11.4. The molecule has 0 unspecified atom stereocenters. The van der Waals surface area contributed by atoms with Crippen LogP contribution in [0.2, 0.25) is 0 Å². The van der Waals surface area contributed by atoms with Crippen LogP contribution in [-0.2, 0) is 9.53 Å². The first-order valence-corrected chi connectivity index (χ1v) is 7.68. The summed E-state index contributed by atoms with van der Waals surface area (Å²) in [5.74, 6) is -1.76. The second-order valence-corrected chi connectivity index (χ2v) is 5.54. The SMILES string of the molecule is O=C(CCl)O[C@@H](c1c2ccccc2cc2ccccc12)C(F)(F)F. The molecule has 24 heavy (non-hydrogen) atoms. The smallest absolute Gasteiger partial charge is 0.429 e. The zero-order valence-corrected chi connectivity index (χ0v) is 13.1. The zero-order chi connectivity index (χ0) is 17.3. The first-order valence-electron chi connectivity index (χ1n) is 7.14. The van der Waals surface area contributed by atoms with Gasteiger partial charge in [-0.1, -0.05) is 48.5 Å². The van der Waals surface area contributed by atoms with Gasteiger partial charge < -0.3 is 4.74 Å². The highest BCUT2D eigenvalue weighted by Gasteiger charge is 2.45. The molecule has 0 radical (unpaired) electrons. The predicted molar refractivity (Wildman–Crippen MR) is 87.1 cm³/mol. The van der Waals surface area contributed by atoms with Crippen LogP contribution in [0, 0.1) is 0 Å². The molecule has 0 amide bonds. The van der Waals surface area contributed by atoms with Gasteiger partial charge in [0.2, 0.25) is 6.10 Å². The van der Waals surface area contributed by atoms with E-state index in [-0.39, 0.29) is 5.56 Å². The summed E-state index contributed by atoms with van der Waals surface area (Å²) in [6, 6.07) is 15.2. The maximum atomic E-state index is 13.6. The number of benzene rings is 3. The normalized spacial score (nSPS) is 13.2. The van der Waals surface area contributed by atoms with Crippen molar-refractivity contribution in [3.05, 3.63) is 60.2 Å². The van der Waals surface area contributed by atoms with Crippen molar-refractivity contribution in [3.8, 4) is 0 Å². The van der Waals surface area contributed by atoms with E-state index < -0.39 is 24.1 Å². The number of carbonyl (C=O) groups excluding carboxylic acids is 1. The number of halogens is 4. The quantitative estimate of drug-likeness (QED) is 0.359. The molecule has 124 valence electrons. The van der Waals surface area contributed by atoms with Crippen molar-refractivity contribution in [3.63, 3.8) is 0 Å². The average molecular weight is 353 g/mol. The molecule has 0 aromatic heterocycles. The van der Waals surface area contributed by atoms with E-state index in [0.717, 1.165) is 0 Å². The maximum absolute atomic E-state index is 13.6. The lowest BCUT2D eigenvalue weighted by atomic mass is 9.93. The van der Waals surface area contributed by atoms with Crippen molar-refractivity contribution in [2.75, 3.05) is 5.88 Å². The molecule has 0 spiro atoms. The Labute approximate surface area is 140 Å². The second kappa shape index (κ2) is 6.32. The summed E-state index contributed by atoms with van der Waals surface area (Å²) in [6.45, 7) is 0. The standard InChI is InChI=1S/C18H12ClF3O2/c19-10-15(23)24-17(18(20,21)22)16-13-7-3-1-5-11(13)9-12-6-2-4-8-14(12)16/h1-9,17H,10H2/t17-/m0/s1. The van der Waals surface area contributed by atoms with E-state index >= 15 is 0 Å². The highest BCUT2D eigenvalue weighted by Crippen LogP contribution is 2.42. The Bertz CT molecular complexity index is 852. The molecule has 0 bridgehead atoms. The summed E-state index contributed by atoms with van der Waals surface area (Å²) in [5.41, 5.74) is -0.0744. The molecule has 3 aromatic carbocycles. The molecule has 0 aliphatic rings. The van der Waals surface area contributed by atoms with Crippen molar-refractivity contribution in [2.45, 2.75) is 12.3 Å². The number of hydrogen-bond donors (Lipinski definition) is 0. The van der Waals surface area contributed by atoms with E-state index in [9.17, 15) is 18.0 Å². The minimum Gasteiger partial charge on any atom is -0.447 e. The first kappa shape index (κ1) is 16.6. The van der Waals surface area contributed by atoms with Gasteiger partial charge in [-0.2, -0.15) is 13.2 Å². The third kappa shape index (κ3) is 3.04. The van der Waals surface area contributed by atoms with Gasteiger partial charge in [0, 0.05) is 5.56 Å². The van der Waals surface area contributed by atoms with Crippen LogP contribution >= 0.6 is 11.6 Å². The minimum absolute atomic E-state index is 0.0744. The molecule has 0 heterocycles. The summed E-state index contributed by atoms with van der Waals surface area (Å²) in [4.78, 5) is 11.5. The van der Waals surface area contributed by atoms with Gasteiger partial charge in [0.15, 0.2) is 0 Å². The second-order valence-electron chi connectivity index (χ2n) is 5.28. The maximum Gasteiger partial charge on any atom is 0.429 e.